The Balaban J connectivity index is 0.00000144. The third-order valence-corrected chi connectivity index (χ3v) is 1.71. The minimum Gasteiger partial charge on any atom is -0.480 e. The lowest BCUT2D eigenvalue weighted by molar-refractivity contribution is -0.138. The van der Waals surface area contributed by atoms with Gasteiger partial charge in [-0.1, -0.05) is 23.7 Å². The van der Waals surface area contributed by atoms with E-state index >= 15 is 0 Å². The van der Waals surface area contributed by atoms with Crippen LogP contribution >= 0.6 is 24.0 Å². The molecular formula is C8H9Cl2NO2. The Morgan fingerprint density at radius 3 is 2.62 bits per heavy atom. The Hall–Kier alpha value is -0.770. The summed E-state index contributed by atoms with van der Waals surface area (Å²) in [4.78, 5) is 10.4. The van der Waals surface area contributed by atoms with Crippen molar-refractivity contribution in [3.63, 3.8) is 0 Å². The highest BCUT2D eigenvalue weighted by Gasteiger charge is 2.13. The molecule has 0 aliphatic heterocycles. The maximum Gasteiger partial charge on any atom is 0.325 e. The highest BCUT2D eigenvalue weighted by molar-refractivity contribution is 6.30. The summed E-state index contributed by atoms with van der Waals surface area (Å²) in [6, 6.07) is 5.51. The number of carboxylic acid groups (broad SMARTS) is 1. The number of rotatable bonds is 2. The fraction of sp³-hybridized carbons (Fsp3) is 0.125. The summed E-state index contributed by atoms with van der Waals surface area (Å²) in [5, 5.41) is 9.05. The first-order valence-electron chi connectivity index (χ1n) is 3.35. The van der Waals surface area contributed by atoms with Crippen LogP contribution in [0.3, 0.4) is 0 Å². The molecule has 1 aromatic rings. The first kappa shape index (κ1) is 12.2. The van der Waals surface area contributed by atoms with Crippen molar-refractivity contribution in [3.8, 4) is 0 Å². The predicted molar refractivity (Wildman–Crippen MR) is 53.3 cm³/mol. The second-order valence-electron chi connectivity index (χ2n) is 2.37. The number of nitrogens with two attached hydrogens (primary N) is 1. The molecule has 3 N–H and O–H groups in total. The summed E-state index contributed by atoms with van der Waals surface area (Å²) in [6.07, 6.45) is 0. The lowest BCUT2D eigenvalue weighted by Gasteiger charge is -2.05. The molecule has 0 aliphatic rings. The fourth-order valence-electron chi connectivity index (χ4n) is 0.843. The number of hydrogen-bond donors (Lipinski definition) is 2. The Morgan fingerprint density at radius 1 is 1.54 bits per heavy atom. The molecule has 0 aromatic heterocycles. The highest BCUT2D eigenvalue weighted by atomic mass is 35.5. The summed E-state index contributed by atoms with van der Waals surface area (Å²) in [5.74, 6) is -1.06. The van der Waals surface area contributed by atoms with Crippen LogP contribution in [0.4, 0.5) is 0 Å². The molecule has 0 saturated heterocycles. The van der Waals surface area contributed by atoms with Gasteiger partial charge in [-0.2, -0.15) is 0 Å². The Kier molecular flexibility index (Phi) is 4.77. The zero-order chi connectivity index (χ0) is 9.14. The van der Waals surface area contributed by atoms with Crippen molar-refractivity contribution in [2.75, 3.05) is 0 Å². The SMILES string of the molecule is Cl.NC(C(=O)O)c1cccc(Cl)c1. The van der Waals surface area contributed by atoms with Crippen LogP contribution in [-0.2, 0) is 4.79 Å². The van der Waals surface area contributed by atoms with Crippen LogP contribution in [0.2, 0.25) is 5.02 Å². The molecule has 0 radical (unpaired) electrons. The zero-order valence-corrected chi connectivity index (χ0v) is 8.18. The molecule has 0 fully saturated rings. The topological polar surface area (TPSA) is 63.3 Å². The highest BCUT2D eigenvalue weighted by Crippen LogP contribution is 2.15. The molecule has 72 valence electrons. The van der Waals surface area contributed by atoms with Gasteiger partial charge in [-0.25, -0.2) is 0 Å². The molecule has 1 unspecified atom stereocenters. The summed E-state index contributed by atoms with van der Waals surface area (Å²) in [5.41, 5.74) is 5.86. The molecule has 5 heteroatoms. The van der Waals surface area contributed by atoms with E-state index in [9.17, 15) is 4.79 Å². The van der Waals surface area contributed by atoms with E-state index in [1.165, 1.54) is 0 Å². The van der Waals surface area contributed by atoms with Crippen LogP contribution in [0, 0.1) is 0 Å². The van der Waals surface area contributed by atoms with Gasteiger partial charge in [-0.3, -0.25) is 4.79 Å². The van der Waals surface area contributed by atoms with Gasteiger partial charge in [-0.15, -0.1) is 12.4 Å². The smallest absolute Gasteiger partial charge is 0.325 e. The van der Waals surface area contributed by atoms with Gasteiger partial charge in [0.15, 0.2) is 0 Å². The van der Waals surface area contributed by atoms with Crippen LogP contribution in [0.15, 0.2) is 24.3 Å². The Morgan fingerprint density at radius 2 is 2.15 bits per heavy atom. The molecule has 1 rings (SSSR count). The van der Waals surface area contributed by atoms with Gasteiger partial charge in [0.2, 0.25) is 0 Å². The number of carbonyl (C=O) groups is 1. The molecule has 3 nitrogen and oxygen atoms in total. The first-order chi connectivity index (χ1) is 5.61. The predicted octanol–water partition coefficient (Wildman–Crippen LogP) is 1.85. The first-order valence-corrected chi connectivity index (χ1v) is 3.73. The third-order valence-electron chi connectivity index (χ3n) is 1.47. The molecule has 13 heavy (non-hydrogen) atoms. The standard InChI is InChI=1S/C8H8ClNO2.ClH/c9-6-3-1-2-5(4-6)7(10)8(11)12;/h1-4,7H,10H2,(H,11,12);1H. The van der Waals surface area contributed by atoms with E-state index in [1.54, 1.807) is 24.3 Å². The number of hydrogen-bond acceptors (Lipinski definition) is 2. The minimum atomic E-state index is -1.06. The maximum atomic E-state index is 10.4. The van der Waals surface area contributed by atoms with Crippen LogP contribution < -0.4 is 5.73 Å². The van der Waals surface area contributed by atoms with Gasteiger partial charge in [0, 0.05) is 5.02 Å². The molecule has 0 bridgehead atoms. The van der Waals surface area contributed by atoms with Crippen molar-refractivity contribution in [1.82, 2.24) is 0 Å². The van der Waals surface area contributed by atoms with Crippen molar-refractivity contribution < 1.29 is 9.90 Å². The summed E-state index contributed by atoms with van der Waals surface area (Å²) in [7, 11) is 0. The number of aliphatic carboxylic acids is 1. The van der Waals surface area contributed by atoms with Crippen molar-refractivity contribution in [2.45, 2.75) is 6.04 Å². The molecule has 0 aliphatic carbocycles. The average Bonchev–Trinajstić information content (AvgIpc) is 2.03. The number of benzene rings is 1. The molecule has 1 atom stereocenters. The summed E-state index contributed by atoms with van der Waals surface area (Å²) in [6.45, 7) is 0. The van der Waals surface area contributed by atoms with Gasteiger partial charge in [-0.05, 0) is 17.7 Å². The van der Waals surface area contributed by atoms with Crippen LogP contribution in [0.5, 0.6) is 0 Å². The van der Waals surface area contributed by atoms with Crippen LogP contribution in [-0.4, -0.2) is 11.1 Å². The summed E-state index contributed by atoms with van der Waals surface area (Å²) < 4.78 is 0. The van der Waals surface area contributed by atoms with Crippen molar-refractivity contribution >= 4 is 30.0 Å². The van der Waals surface area contributed by atoms with E-state index < -0.39 is 12.0 Å². The normalized spacial score (nSPS) is 11.5. The van der Waals surface area contributed by atoms with Crippen molar-refractivity contribution in [1.29, 1.82) is 0 Å². The molecule has 0 heterocycles. The second-order valence-corrected chi connectivity index (χ2v) is 2.81. The lowest BCUT2D eigenvalue weighted by atomic mass is 10.1. The van der Waals surface area contributed by atoms with E-state index in [4.69, 9.17) is 22.4 Å². The van der Waals surface area contributed by atoms with Crippen LogP contribution in [0.25, 0.3) is 0 Å². The lowest BCUT2D eigenvalue weighted by Crippen LogP contribution is -2.20. The molecular weight excluding hydrogens is 213 g/mol. The van der Waals surface area contributed by atoms with Gasteiger partial charge >= 0.3 is 5.97 Å². The van der Waals surface area contributed by atoms with Crippen molar-refractivity contribution in [3.05, 3.63) is 34.9 Å². The molecule has 1 aromatic carbocycles. The van der Waals surface area contributed by atoms with Gasteiger partial charge in [0.05, 0.1) is 0 Å². The monoisotopic (exact) mass is 221 g/mol. The van der Waals surface area contributed by atoms with Gasteiger partial charge < -0.3 is 10.8 Å². The Bertz CT molecular complexity index is 304. The van der Waals surface area contributed by atoms with E-state index in [1.807, 2.05) is 0 Å². The average molecular weight is 222 g/mol. The molecule has 0 amide bonds. The van der Waals surface area contributed by atoms with E-state index in [-0.39, 0.29) is 12.4 Å². The zero-order valence-electron chi connectivity index (χ0n) is 6.61. The van der Waals surface area contributed by atoms with E-state index in [0.717, 1.165) is 0 Å². The van der Waals surface area contributed by atoms with E-state index in [0.29, 0.717) is 10.6 Å². The number of halogens is 2. The largest absolute Gasteiger partial charge is 0.480 e. The van der Waals surface area contributed by atoms with Gasteiger partial charge in [0.25, 0.3) is 0 Å². The summed E-state index contributed by atoms with van der Waals surface area (Å²) >= 11 is 5.65. The minimum absolute atomic E-state index is 0. The van der Waals surface area contributed by atoms with Gasteiger partial charge in [0.1, 0.15) is 6.04 Å². The molecule has 0 spiro atoms. The maximum absolute atomic E-state index is 10.4. The number of carboxylic acids is 1. The Labute approximate surface area is 86.9 Å². The fourth-order valence-corrected chi connectivity index (χ4v) is 1.04. The van der Waals surface area contributed by atoms with Crippen molar-refractivity contribution in [2.24, 2.45) is 5.73 Å². The second kappa shape index (κ2) is 5.07. The molecule has 0 saturated carbocycles. The quantitative estimate of drug-likeness (QED) is 0.802. The van der Waals surface area contributed by atoms with Crippen LogP contribution in [0.1, 0.15) is 11.6 Å². The third kappa shape index (κ3) is 3.22. The van der Waals surface area contributed by atoms with E-state index in [2.05, 4.69) is 0 Å².